The summed E-state index contributed by atoms with van der Waals surface area (Å²) < 4.78 is 38.9. The van der Waals surface area contributed by atoms with Crippen molar-refractivity contribution in [2.45, 2.75) is 18.4 Å². The number of hydrogen-bond acceptors (Lipinski definition) is 6. The molecule has 186 valence electrons. The van der Waals surface area contributed by atoms with Gasteiger partial charge in [-0.3, -0.25) is 9.69 Å². The number of hydrogen-bond donors (Lipinski definition) is 1. The van der Waals surface area contributed by atoms with Gasteiger partial charge < -0.3 is 9.15 Å². The lowest BCUT2D eigenvalue weighted by Crippen LogP contribution is -2.24. The highest BCUT2D eigenvalue weighted by atomic mass is 79.9. The summed E-state index contributed by atoms with van der Waals surface area (Å²) in [5.74, 6) is -0.548. The number of rotatable bonds is 7. The number of nitrogens with one attached hydrogen (secondary N) is 1. The smallest absolute Gasteiger partial charge is 0.340 e. The molecule has 0 saturated carbocycles. The van der Waals surface area contributed by atoms with Crippen LogP contribution in [0.1, 0.15) is 18.4 Å². The SMILES string of the molecule is COC(=O)C1=C(C)N(c2cccc(Cl)c2)C(=O)/C1=C/c1ccc(CNS(=O)(=O)c2ccc(Br)cc2)o1. The first-order valence-corrected chi connectivity index (χ1v) is 13.2. The normalized spacial score (nSPS) is 15.2. The first-order chi connectivity index (χ1) is 17.1. The van der Waals surface area contributed by atoms with Crippen LogP contribution in [0.5, 0.6) is 0 Å². The lowest BCUT2D eigenvalue weighted by atomic mass is 10.1. The van der Waals surface area contributed by atoms with Crippen LogP contribution in [0.2, 0.25) is 5.02 Å². The highest BCUT2D eigenvalue weighted by Crippen LogP contribution is 2.36. The van der Waals surface area contributed by atoms with Crippen LogP contribution in [0, 0.1) is 0 Å². The summed E-state index contributed by atoms with van der Waals surface area (Å²) in [5.41, 5.74) is 1.05. The Hall–Kier alpha value is -3.18. The van der Waals surface area contributed by atoms with Gasteiger partial charge >= 0.3 is 5.97 Å². The van der Waals surface area contributed by atoms with Crippen molar-refractivity contribution in [3.05, 3.63) is 98.5 Å². The van der Waals surface area contributed by atoms with E-state index in [1.807, 2.05) is 0 Å². The molecule has 2 heterocycles. The van der Waals surface area contributed by atoms with E-state index in [9.17, 15) is 18.0 Å². The molecule has 0 saturated heterocycles. The van der Waals surface area contributed by atoms with Gasteiger partial charge in [0.05, 0.1) is 35.4 Å². The van der Waals surface area contributed by atoms with Gasteiger partial charge in [-0.15, -0.1) is 0 Å². The molecular weight excluding hydrogens is 572 g/mol. The van der Waals surface area contributed by atoms with E-state index in [1.165, 1.54) is 30.2 Å². The van der Waals surface area contributed by atoms with Crippen molar-refractivity contribution in [2.75, 3.05) is 12.0 Å². The Bertz CT molecular complexity index is 1510. The number of amides is 1. The maximum absolute atomic E-state index is 13.3. The van der Waals surface area contributed by atoms with Crippen LogP contribution in [0.25, 0.3) is 6.08 Å². The van der Waals surface area contributed by atoms with Gasteiger partial charge in [-0.25, -0.2) is 17.9 Å². The van der Waals surface area contributed by atoms with Gasteiger partial charge in [0, 0.05) is 15.2 Å². The number of esters is 1. The van der Waals surface area contributed by atoms with Crippen molar-refractivity contribution in [2.24, 2.45) is 0 Å². The predicted octanol–water partition coefficient (Wildman–Crippen LogP) is 5.05. The minimum absolute atomic E-state index is 0.0793. The van der Waals surface area contributed by atoms with E-state index in [2.05, 4.69) is 20.7 Å². The molecule has 0 bridgehead atoms. The highest BCUT2D eigenvalue weighted by molar-refractivity contribution is 9.10. The van der Waals surface area contributed by atoms with E-state index in [4.69, 9.17) is 20.8 Å². The fourth-order valence-electron chi connectivity index (χ4n) is 3.68. The van der Waals surface area contributed by atoms with Crippen molar-refractivity contribution < 1.29 is 27.2 Å². The van der Waals surface area contributed by atoms with E-state index in [0.29, 0.717) is 22.2 Å². The molecule has 3 aromatic rings. The summed E-state index contributed by atoms with van der Waals surface area (Å²) in [6.45, 7) is 1.53. The number of carbonyl (C=O) groups excluding carboxylic acids is 2. The van der Waals surface area contributed by atoms with E-state index < -0.39 is 21.9 Å². The van der Waals surface area contributed by atoms with Crippen LogP contribution in [-0.2, 0) is 30.9 Å². The largest absolute Gasteiger partial charge is 0.465 e. The number of carbonyl (C=O) groups is 2. The second kappa shape index (κ2) is 10.4. The molecule has 0 spiro atoms. The number of anilines is 1. The quantitative estimate of drug-likeness (QED) is 0.304. The van der Waals surface area contributed by atoms with Crippen molar-refractivity contribution in [1.29, 1.82) is 0 Å². The molecule has 1 aromatic heterocycles. The van der Waals surface area contributed by atoms with Crippen LogP contribution < -0.4 is 9.62 Å². The molecule has 1 aliphatic rings. The second-order valence-corrected chi connectivity index (χ2v) is 10.8. The van der Waals surface area contributed by atoms with Crippen molar-refractivity contribution in [3.63, 3.8) is 0 Å². The monoisotopic (exact) mass is 590 g/mol. The lowest BCUT2D eigenvalue weighted by Gasteiger charge is -2.18. The molecule has 1 aliphatic heterocycles. The Morgan fingerprint density at radius 3 is 2.56 bits per heavy atom. The second-order valence-electron chi connectivity index (χ2n) is 7.71. The molecule has 1 N–H and O–H groups in total. The van der Waals surface area contributed by atoms with Crippen LogP contribution in [0.4, 0.5) is 5.69 Å². The Morgan fingerprint density at radius 1 is 1.17 bits per heavy atom. The minimum Gasteiger partial charge on any atom is -0.465 e. The predicted molar refractivity (Wildman–Crippen MR) is 139 cm³/mol. The average Bonchev–Trinajstić information content (AvgIpc) is 3.39. The summed E-state index contributed by atoms with van der Waals surface area (Å²) in [7, 11) is -2.52. The van der Waals surface area contributed by atoms with Crippen LogP contribution in [0.15, 0.2) is 91.3 Å². The number of allylic oxidation sites excluding steroid dienone is 1. The standard InChI is InChI=1S/C25H20BrClN2O6S/c1-15-23(25(31)34-2)22(24(30)29(15)18-5-3-4-17(27)12-18)13-19-8-9-20(35-19)14-28-36(32,33)21-10-6-16(26)7-11-21/h3-13,28H,14H2,1-2H3/b22-13+. The summed E-state index contributed by atoms with van der Waals surface area (Å²) in [5, 5.41) is 0.436. The minimum atomic E-state index is -3.76. The molecule has 0 aliphatic carbocycles. The van der Waals surface area contributed by atoms with Gasteiger partial charge in [0.2, 0.25) is 10.0 Å². The topological polar surface area (TPSA) is 106 Å². The Labute approximate surface area is 221 Å². The highest BCUT2D eigenvalue weighted by Gasteiger charge is 2.38. The van der Waals surface area contributed by atoms with Gasteiger partial charge in [-0.1, -0.05) is 33.6 Å². The number of sulfonamides is 1. The maximum atomic E-state index is 13.3. The fourth-order valence-corrected chi connectivity index (χ4v) is 5.12. The van der Waals surface area contributed by atoms with E-state index >= 15 is 0 Å². The Kier molecular flexibility index (Phi) is 7.51. The third-order valence-electron chi connectivity index (χ3n) is 5.39. The number of ether oxygens (including phenoxy) is 1. The average molecular weight is 592 g/mol. The van der Waals surface area contributed by atoms with Crippen molar-refractivity contribution >= 4 is 61.2 Å². The number of furan rings is 1. The fraction of sp³-hybridized carbons (Fsp3) is 0.120. The summed E-state index contributed by atoms with van der Waals surface area (Å²) >= 11 is 9.37. The zero-order valence-electron chi connectivity index (χ0n) is 19.1. The van der Waals surface area contributed by atoms with Crippen LogP contribution >= 0.6 is 27.5 Å². The van der Waals surface area contributed by atoms with E-state index in [0.717, 1.165) is 4.47 Å². The molecule has 0 unspecified atom stereocenters. The summed E-state index contributed by atoms with van der Waals surface area (Å²) in [6.07, 6.45) is 1.43. The van der Waals surface area contributed by atoms with Gasteiger partial charge in [0.1, 0.15) is 11.5 Å². The third-order valence-corrected chi connectivity index (χ3v) is 7.57. The zero-order valence-corrected chi connectivity index (χ0v) is 22.3. The Morgan fingerprint density at radius 2 is 1.89 bits per heavy atom. The summed E-state index contributed by atoms with van der Waals surface area (Å²) in [4.78, 5) is 27.4. The van der Waals surface area contributed by atoms with Crippen LogP contribution in [0.3, 0.4) is 0 Å². The van der Waals surface area contributed by atoms with E-state index in [1.54, 1.807) is 55.5 Å². The molecule has 0 radical (unpaired) electrons. The molecule has 1 amide bonds. The van der Waals surface area contributed by atoms with Crippen molar-refractivity contribution in [1.82, 2.24) is 4.72 Å². The number of benzene rings is 2. The van der Waals surface area contributed by atoms with Gasteiger partial charge in [-0.2, -0.15) is 0 Å². The molecule has 0 atom stereocenters. The number of nitrogens with zero attached hydrogens (tertiary/aromatic N) is 1. The third kappa shape index (κ3) is 5.31. The molecule has 0 fully saturated rings. The molecule has 2 aromatic carbocycles. The molecule has 11 heteroatoms. The molecule has 4 rings (SSSR count). The van der Waals surface area contributed by atoms with E-state index in [-0.39, 0.29) is 28.3 Å². The molecular formula is C25H20BrClN2O6S. The lowest BCUT2D eigenvalue weighted by molar-refractivity contribution is -0.136. The number of methoxy groups -OCH3 is 1. The summed E-state index contributed by atoms with van der Waals surface area (Å²) in [6, 6.07) is 16.1. The van der Waals surface area contributed by atoms with Gasteiger partial charge in [-0.05, 0) is 67.6 Å². The van der Waals surface area contributed by atoms with Gasteiger partial charge in [0.15, 0.2) is 0 Å². The maximum Gasteiger partial charge on any atom is 0.340 e. The number of halogens is 2. The van der Waals surface area contributed by atoms with Gasteiger partial charge in [0.25, 0.3) is 5.91 Å². The zero-order chi connectivity index (χ0) is 26.0. The first-order valence-electron chi connectivity index (χ1n) is 10.6. The first kappa shape index (κ1) is 25.9. The van der Waals surface area contributed by atoms with Crippen molar-refractivity contribution in [3.8, 4) is 0 Å². The molecule has 36 heavy (non-hydrogen) atoms. The van der Waals surface area contributed by atoms with Crippen LogP contribution in [-0.4, -0.2) is 27.4 Å². The molecule has 8 nitrogen and oxygen atoms in total. The Balaban J connectivity index is 1.60.